The highest BCUT2D eigenvalue weighted by Crippen LogP contribution is 2.38. The van der Waals surface area contributed by atoms with Crippen LogP contribution in [0.5, 0.6) is 0 Å². The molecule has 0 atom stereocenters. The van der Waals surface area contributed by atoms with Gasteiger partial charge in [-0.2, -0.15) is 26.3 Å². The molecule has 0 aliphatic carbocycles. The van der Waals surface area contributed by atoms with Crippen molar-refractivity contribution in [3.63, 3.8) is 0 Å². The van der Waals surface area contributed by atoms with Crippen molar-refractivity contribution in [3.05, 3.63) is 34.9 Å². The summed E-state index contributed by atoms with van der Waals surface area (Å²) in [6.45, 7) is 4.03. The van der Waals surface area contributed by atoms with Gasteiger partial charge in [0.2, 0.25) is 0 Å². The van der Waals surface area contributed by atoms with Crippen molar-refractivity contribution in [3.8, 4) is 0 Å². The Morgan fingerprint density at radius 1 is 0.900 bits per heavy atom. The lowest BCUT2D eigenvalue weighted by molar-refractivity contribution is -0.141. The summed E-state index contributed by atoms with van der Waals surface area (Å²) < 4.78 is 76.1. The highest BCUT2D eigenvalue weighted by atomic mass is 19.4. The Bertz CT molecular complexity index is 519. The fourth-order valence-corrected chi connectivity index (χ4v) is 1.56. The summed E-state index contributed by atoms with van der Waals surface area (Å²) in [5.41, 5.74) is -4.81. The van der Waals surface area contributed by atoms with Crippen LogP contribution >= 0.6 is 0 Å². The molecule has 0 saturated heterocycles. The molecule has 0 radical (unpaired) electrons. The van der Waals surface area contributed by atoms with Crippen LogP contribution in [-0.4, -0.2) is 5.78 Å². The first-order valence-electron chi connectivity index (χ1n) is 5.58. The maximum atomic E-state index is 12.8. The van der Waals surface area contributed by atoms with Crippen molar-refractivity contribution < 1.29 is 31.1 Å². The fourth-order valence-electron chi connectivity index (χ4n) is 1.56. The average molecular weight is 298 g/mol. The minimum absolute atomic E-state index is 0.260. The molecule has 1 rings (SSSR count). The normalized spacial score (nSPS) is 13.4. The van der Waals surface area contributed by atoms with Gasteiger partial charge in [0.05, 0.1) is 11.1 Å². The van der Waals surface area contributed by atoms with E-state index in [9.17, 15) is 31.1 Å². The monoisotopic (exact) mass is 298 g/mol. The second-order valence-electron chi connectivity index (χ2n) is 5.34. The van der Waals surface area contributed by atoms with Crippen LogP contribution in [0.4, 0.5) is 26.3 Å². The van der Waals surface area contributed by atoms with E-state index in [-0.39, 0.29) is 6.07 Å². The maximum absolute atomic E-state index is 12.8. The molecule has 20 heavy (non-hydrogen) atoms. The van der Waals surface area contributed by atoms with Gasteiger partial charge in [-0.3, -0.25) is 4.79 Å². The molecular formula is C13H12F6O. The predicted octanol–water partition coefficient (Wildman–Crippen LogP) is 4.95. The average Bonchev–Trinajstić information content (AvgIpc) is 2.23. The fraction of sp³-hybridized carbons (Fsp3) is 0.462. The quantitative estimate of drug-likeness (QED) is 0.529. The number of Topliss-reactive ketones (excluding diaryl/α,β-unsaturated/α-hetero) is 1. The third-order valence-electron chi connectivity index (χ3n) is 2.58. The van der Waals surface area contributed by atoms with Crippen molar-refractivity contribution >= 4 is 5.78 Å². The highest BCUT2D eigenvalue weighted by Gasteiger charge is 2.40. The van der Waals surface area contributed by atoms with Crippen molar-refractivity contribution in [1.29, 1.82) is 0 Å². The molecule has 0 unspecified atom stereocenters. The van der Waals surface area contributed by atoms with E-state index in [0.29, 0.717) is 12.1 Å². The Morgan fingerprint density at radius 3 is 1.75 bits per heavy atom. The third-order valence-corrected chi connectivity index (χ3v) is 2.58. The second-order valence-corrected chi connectivity index (χ2v) is 5.34. The van der Waals surface area contributed by atoms with Gasteiger partial charge in [-0.05, 0) is 18.2 Å². The number of hydrogen-bond acceptors (Lipinski definition) is 1. The number of ketones is 1. The van der Waals surface area contributed by atoms with Gasteiger partial charge in [0, 0.05) is 11.0 Å². The molecule has 0 N–H and O–H groups in total. The molecule has 0 amide bonds. The van der Waals surface area contributed by atoms with Crippen LogP contribution in [0.15, 0.2) is 18.2 Å². The lowest BCUT2D eigenvalue weighted by atomic mass is 9.84. The van der Waals surface area contributed by atoms with Gasteiger partial charge in [-0.15, -0.1) is 0 Å². The molecule has 0 spiro atoms. The van der Waals surface area contributed by atoms with E-state index in [1.807, 2.05) is 0 Å². The van der Waals surface area contributed by atoms with Gasteiger partial charge < -0.3 is 0 Å². The first kappa shape index (κ1) is 16.5. The summed E-state index contributed by atoms with van der Waals surface area (Å²) >= 11 is 0. The van der Waals surface area contributed by atoms with Crippen LogP contribution < -0.4 is 0 Å². The molecule has 112 valence electrons. The summed E-state index contributed by atoms with van der Waals surface area (Å²) in [6.07, 6.45) is -9.70. The Morgan fingerprint density at radius 2 is 1.40 bits per heavy atom. The topological polar surface area (TPSA) is 17.1 Å². The molecule has 0 saturated carbocycles. The molecule has 0 fully saturated rings. The van der Waals surface area contributed by atoms with Gasteiger partial charge in [0.15, 0.2) is 5.78 Å². The maximum Gasteiger partial charge on any atom is 0.417 e. The van der Waals surface area contributed by atoms with Gasteiger partial charge in [0.25, 0.3) is 0 Å². The molecule has 7 heteroatoms. The number of hydrogen-bond donors (Lipinski definition) is 0. The van der Waals surface area contributed by atoms with Crippen molar-refractivity contribution in [2.45, 2.75) is 33.1 Å². The van der Waals surface area contributed by atoms with Gasteiger partial charge in [-0.25, -0.2) is 0 Å². The first-order chi connectivity index (χ1) is 8.74. The van der Waals surface area contributed by atoms with Crippen LogP contribution in [0.1, 0.15) is 42.3 Å². The van der Waals surface area contributed by atoms with E-state index >= 15 is 0 Å². The molecule has 0 aliphatic rings. The third kappa shape index (κ3) is 3.52. The highest BCUT2D eigenvalue weighted by molar-refractivity contribution is 6.01. The molecule has 0 aromatic heterocycles. The van der Waals surface area contributed by atoms with E-state index in [1.54, 1.807) is 0 Å². The molecule has 0 bridgehead atoms. The SMILES string of the molecule is CC(C)(C)C(=O)c1cc(C(F)(F)F)ccc1C(F)(F)F. The number of rotatable bonds is 1. The number of carbonyl (C=O) groups is 1. The summed E-state index contributed by atoms with van der Waals surface area (Å²) in [5, 5.41) is 0. The Labute approximate surface area is 111 Å². The minimum Gasteiger partial charge on any atom is -0.294 e. The van der Waals surface area contributed by atoms with Crippen molar-refractivity contribution in [2.75, 3.05) is 0 Å². The van der Waals surface area contributed by atoms with E-state index in [0.717, 1.165) is 0 Å². The lowest BCUT2D eigenvalue weighted by Gasteiger charge is -2.21. The smallest absolute Gasteiger partial charge is 0.294 e. The molecule has 0 aliphatic heterocycles. The zero-order valence-corrected chi connectivity index (χ0v) is 10.9. The van der Waals surface area contributed by atoms with Gasteiger partial charge in [-0.1, -0.05) is 20.8 Å². The largest absolute Gasteiger partial charge is 0.417 e. The van der Waals surface area contributed by atoms with Gasteiger partial charge >= 0.3 is 12.4 Å². The summed E-state index contributed by atoms with van der Waals surface area (Å²) in [7, 11) is 0. The lowest BCUT2D eigenvalue weighted by Crippen LogP contribution is -2.24. The first-order valence-corrected chi connectivity index (χ1v) is 5.58. The van der Waals surface area contributed by atoms with Crippen molar-refractivity contribution in [1.82, 2.24) is 0 Å². The predicted molar refractivity (Wildman–Crippen MR) is 60.2 cm³/mol. The molecule has 1 aromatic rings. The minimum atomic E-state index is -4.89. The van der Waals surface area contributed by atoms with E-state index in [4.69, 9.17) is 0 Å². The molecular weight excluding hydrogens is 286 g/mol. The van der Waals surface area contributed by atoms with Crippen LogP contribution in [0.25, 0.3) is 0 Å². The Balaban J connectivity index is 3.55. The standard InChI is InChI=1S/C13H12F6O/c1-11(2,3)10(20)8-6-7(12(14,15)16)4-5-9(8)13(17,18)19/h4-6H,1-3H3. The molecule has 1 aromatic carbocycles. The van der Waals surface area contributed by atoms with Crippen LogP contribution in [0.3, 0.4) is 0 Å². The number of benzene rings is 1. The molecule has 1 nitrogen and oxygen atoms in total. The number of alkyl halides is 6. The second kappa shape index (κ2) is 4.79. The zero-order chi connectivity index (χ0) is 15.9. The Kier molecular flexibility index (Phi) is 3.95. The zero-order valence-electron chi connectivity index (χ0n) is 10.9. The van der Waals surface area contributed by atoms with Gasteiger partial charge in [0.1, 0.15) is 0 Å². The number of halogens is 6. The summed E-state index contributed by atoms with van der Waals surface area (Å²) in [5.74, 6) is -0.990. The number of carbonyl (C=O) groups excluding carboxylic acids is 1. The van der Waals surface area contributed by atoms with E-state index in [1.165, 1.54) is 20.8 Å². The molecule has 0 heterocycles. The summed E-state index contributed by atoms with van der Waals surface area (Å²) in [6, 6.07) is 0.875. The Hall–Kier alpha value is -1.53. The van der Waals surface area contributed by atoms with Crippen LogP contribution in [0.2, 0.25) is 0 Å². The van der Waals surface area contributed by atoms with Crippen LogP contribution in [-0.2, 0) is 12.4 Å². The van der Waals surface area contributed by atoms with E-state index in [2.05, 4.69) is 0 Å². The van der Waals surface area contributed by atoms with Crippen LogP contribution in [0, 0.1) is 5.41 Å². The van der Waals surface area contributed by atoms with E-state index < -0.39 is 40.2 Å². The van der Waals surface area contributed by atoms with Crippen molar-refractivity contribution in [2.24, 2.45) is 5.41 Å². The summed E-state index contributed by atoms with van der Waals surface area (Å²) in [4.78, 5) is 11.9.